The standard InChI is InChI=1S/C15H9BrF5NO3/c16-12-4-2-1-3-11(12)13(23,14(17,18)15(19,20)21)9-5-7-10(8-6-9)22(24)25/h1-8,23H. The number of nitro benzene ring substituents is 1. The zero-order chi connectivity index (χ0) is 19.0. The van der Waals surface area contributed by atoms with Gasteiger partial charge in [0.15, 0.2) is 5.60 Å². The SMILES string of the molecule is O=[N+]([O-])c1ccc(C(O)(c2ccccc2Br)C(F)(F)C(F)(F)F)cc1. The van der Waals surface area contributed by atoms with Gasteiger partial charge in [-0.1, -0.05) is 34.1 Å². The molecule has 0 aliphatic heterocycles. The third-order valence-corrected chi connectivity index (χ3v) is 4.26. The van der Waals surface area contributed by atoms with Gasteiger partial charge in [0.1, 0.15) is 0 Å². The molecule has 0 aliphatic rings. The van der Waals surface area contributed by atoms with Crippen molar-refractivity contribution in [1.82, 2.24) is 0 Å². The molecule has 25 heavy (non-hydrogen) atoms. The number of hydrogen-bond acceptors (Lipinski definition) is 3. The van der Waals surface area contributed by atoms with E-state index in [9.17, 15) is 37.2 Å². The number of aliphatic hydroxyl groups is 1. The summed E-state index contributed by atoms with van der Waals surface area (Å²) in [4.78, 5) is 9.81. The maximum absolute atomic E-state index is 14.3. The molecule has 134 valence electrons. The van der Waals surface area contributed by atoms with Gasteiger partial charge in [-0.2, -0.15) is 22.0 Å². The monoisotopic (exact) mass is 425 g/mol. The zero-order valence-corrected chi connectivity index (χ0v) is 13.7. The number of benzene rings is 2. The smallest absolute Gasteiger partial charge is 0.374 e. The Balaban J connectivity index is 2.78. The molecule has 0 heterocycles. The van der Waals surface area contributed by atoms with Crippen molar-refractivity contribution < 1.29 is 32.0 Å². The fourth-order valence-electron chi connectivity index (χ4n) is 2.29. The largest absolute Gasteiger partial charge is 0.457 e. The predicted octanol–water partition coefficient (Wildman–Crippen LogP) is 4.79. The number of hydrogen-bond donors (Lipinski definition) is 1. The number of nitrogens with zero attached hydrogens (tertiary/aromatic N) is 1. The molecule has 2 aromatic rings. The van der Waals surface area contributed by atoms with Crippen LogP contribution in [0.25, 0.3) is 0 Å². The van der Waals surface area contributed by atoms with Gasteiger partial charge in [0.25, 0.3) is 5.69 Å². The highest BCUT2D eigenvalue weighted by Crippen LogP contribution is 2.53. The molecule has 0 saturated heterocycles. The average Bonchev–Trinajstić information content (AvgIpc) is 2.53. The second kappa shape index (κ2) is 6.34. The topological polar surface area (TPSA) is 63.4 Å². The maximum atomic E-state index is 14.3. The van der Waals surface area contributed by atoms with Crippen LogP contribution >= 0.6 is 15.9 Å². The van der Waals surface area contributed by atoms with Gasteiger partial charge in [-0.15, -0.1) is 0 Å². The van der Waals surface area contributed by atoms with Crippen LogP contribution in [0.15, 0.2) is 53.0 Å². The summed E-state index contributed by atoms with van der Waals surface area (Å²) in [5, 5.41) is 21.2. The van der Waals surface area contributed by atoms with Gasteiger partial charge in [0.2, 0.25) is 0 Å². The molecule has 2 rings (SSSR count). The molecule has 1 unspecified atom stereocenters. The van der Waals surface area contributed by atoms with Crippen molar-refractivity contribution in [3.05, 3.63) is 74.2 Å². The van der Waals surface area contributed by atoms with Crippen LogP contribution in [0.2, 0.25) is 0 Å². The van der Waals surface area contributed by atoms with E-state index in [1.807, 2.05) is 0 Å². The highest BCUT2D eigenvalue weighted by molar-refractivity contribution is 9.10. The van der Waals surface area contributed by atoms with Gasteiger partial charge in [-0.25, -0.2) is 0 Å². The lowest BCUT2D eigenvalue weighted by atomic mass is 9.80. The van der Waals surface area contributed by atoms with Crippen molar-refractivity contribution in [3.8, 4) is 0 Å². The van der Waals surface area contributed by atoms with E-state index in [4.69, 9.17) is 0 Å². The molecule has 0 amide bonds. The van der Waals surface area contributed by atoms with E-state index in [2.05, 4.69) is 15.9 Å². The number of alkyl halides is 5. The fourth-order valence-corrected chi connectivity index (χ4v) is 2.86. The highest BCUT2D eigenvalue weighted by atomic mass is 79.9. The molecule has 0 bridgehead atoms. The Labute approximate surface area is 146 Å². The lowest BCUT2D eigenvalue weighted by Crippen LogP contribution is -2.55. The molecule has 1 atom stereocenters. The van der Waals surface area contributed by atoms with Crippen LogP contribution in [-0.2, 0) is 5.60 Å². The molecular formula is C15H9BrF5NO3. The van der Waals surface area contributed by atoms with Crippen LogP contribution in [0.5, 0.6) is 0 Å². The number of rotatable bonds is 4. The Bertz CT molecular complexity index is 794. The first-order chi connectivity index (χ1) is 11.4. The minimum absolute atomic E-state index is 0.181. The molecule has 0 saturated carbocycles. The van der Waals surface area contributed by atoms with Gasteiger partial charge in [0.05, 0.1) is 4.92 Å². The minimum Gasteiger partial charge on any atom is -0.374 e. The van der Waals surface area contributed by atoms with Crippen molar-refractivity contribution in [1.29, 1.82) is 0 Å². The second-order valence-corrected chi connectivity index (χ2v) is 5.92. The number of nitro groups is 1. The van der Waals surface area contributed by atoms with Crippen LogP contribution in [0.4, 0.5) is 27.6 Å². The van der Waals surface area contributed by atoms with E-state index >= 15 is 0 Å². The first kappa shape index (κ1) is 19.3. The fraction of sp³-hybridized carbons (Fsp3) is 0.200. The molecular weight excluding hydrogens is 417 g/mol. The van der Waals surface area contributed by atoms with Crippen LogP contribution in [0.3, 0.4) is 0 Å². The summed E-state index contributed by atoms with van der Waals surface area (Å²) in [7, 11) is 0. The van der Waals surface area contributed by atoms with Gasteiger partial charge in [-0.3, -0.25) is 10.1 Å². The van der Waals surface area contributed by atoms with Crippen LogP contribution in [0.1, 0.15) is 11.1 Å². The van der Waals surface area contributed by atoms with Crippen LogP contribution in [0, 0.1) is 10.1 Å². The summed E-state index contributed by atoms with van der Waals surface area (Å²) in [6.45, 7) is 0. The summed E-state index contributed by atoms with van der Waals surface area (Å²) in [6.07, 6.45) is -6.07. The zero-order valence-electron chi connectivity index (χ0n) is 12.1. The molecule has 1 N–H and O–H groups in total. The van der Waals surface area contributed by atoms with Crippen LogP contribution in [-0.4, -0.2) is 22.1 Å². The lowest BCUT2D eigenvalue weighted by molar-refractivity contribution is -0.384. The van der Waals surface area contributed by atoms with Crippen molar-refractivity contribution in [2.75, 3.05) is 0 Å². The summed E-state index contributed by atoms with van der Waals surface area (Å²) >= 11 is 2.86. The first-order valence-corrected chi connectivity index (χ1v) is 7.39. The molecule has 0 fully saturated rings. The molecule has 4 nitrogen and oxygen atoms in total. The van der Waals surface area contributed by atoms with Crippen molar-refractivity contribution >= 4 is 21.6 Å². The third-order valence-electron chi connectivity index (χ3n) is 3.57. The Kier molecular flexibility index (Phi) is 4.88. The first-order valence-electron chi connectivity index (χ1n) is 6.59. The van der Waals surface area contributed by atoms with E-state index in [1.54, 1.807) is 0 Å². The quantitative estimate of drug-likeness (QED) is 0.435. The Morgan fingerprint density at radius 2 is 1.48 bits per heavy atom. The normalized spacial score (nSPS) is 14.8. The van der Waals surface area contributed by atoms with Gasteiger partial charge in [-0.05, 0) is 23.8 Å². The summed E-state index contributed by atoms with van der Waals surface area (Å²) in [5.74, 6) is -5.57. The van der Waals surface area contributed by atoms with Crippen molar-refractivity contribution in [3.63, 3.8) is 0 Å². The van der Waals surface area contributed by atoms with E-state index in [1.165, 1.54) is 18.2 Å². The molecule has 0 aliphatic carbocycles. The maximum Gasteiger partial charge on any atom is 0.457 e. The summed E-state index contributed by atoms with van der Waals surface area (Å²) in [5.41, 5.74) is -5.88. The lowest BCUT2D eigenvalue weighted by Gasteiger charge is -2.38. The Morgan fingerprint density at radius 3 is 1.92 bits per heavy atom. The Hall–Kier alpha value is -2.07. The van der Waals surface area contributed by atoms with E-state index in [0.29, 0.717) is 12.1 Å². The number of halogens is 6. The van der Waals surface area contributed by atoms with E-state index in [-0.39, 0.29) is 4.47 Å². The van der Waals surface area contributed by atoms with E-state index in [0.717, 1.165) is 18.2 Å². The molecule has 0 radical (unpaired) electrons. The van der Waals surface area contributed by atoms with Gasteiger partial charge < -0.3 is 5.11 Å². The van der Waals surface area contributed by atoms with Gasteiger partial charge >= 0.3 is 12.1 Å². The second-order valence-electron chi connectivity index (χ2n) is 5.07. The molecule has 10 heteroatoms. The molecule has 0 aromatic heterocycles. The minimum atomic E-state index is -6.07. The summed E-state index contributed by atoms with van der Waals surface area (Å²) in [6, 6.07) is 7.46. The van der Waals surface area contributed by atoms with Crippen LogP contribution < -0.4 is 0 Å². The summed E-state index contributed by atoms with van der Waals surface area (Å²) < 4.78 is 67.4. The average molecular weight is 426 g/mol. The third kappa shape index (κ3) is 3.11. The number of non-ortho nitro benzene ring substituents is 1. The Morgan fingerprint density at radius 1 is 0.960 bits per heavy atom. The van der Waals surface area contributed by atoms with Crippen molar-refractivity contribution in [2.45, 2.75) is 17.7 Å². The van der Waals surface area contributed by atoms with Crippen molar-refractivity contribution in [2.24, 2.45) is 0 Å². The van der Waals surface area contributed by atoms with Gasteiger partial charge in [0, 0.05) is 22.2 Å². The molecule has 0 spiro atoms. The van der Waals surface area contributed by atoms with E-state index < -0.39 is 39.4 Å². The predicted molar refractivity (Wildman–Crippen MR) is 81.2 cm³/mol. The molecule has 2 aromatic carbocycles. The highest BCUT2D eigenvalue weighted by Gasteiger charge is 2.71.